The predicted molar refractivity (Wildman–Crippen MR) is 105 cm³/mol. The van der Waals surface area contributed by atoms with Gasteiger partial charge in [0.15, 0.2) is 0 Å². The first-order valence-electron chi connectivity index (χ1n) is 9.68. The summed E-state index contributed by atoms with van der Waals surface area (Å²) in [5.41, 5.74) is 2.81. The van der Waals surface area contributed by atoms with Crippen LogP contribution in [0.15, 0.2) is 30.3 Å². The number of rotatable bonds is 5. The summed E-state index contributed by atoms with van der Waals surface area (Å²) < 4.78 is 0. The smallest absolute Gasteiger partial charge is 0.115 e. The van der Waals surface area contributed by atoms with E-state index in [0.717, 1.165) is 13.1 Å². The third-order valence-electron chi connectivity index (χ3n) is 5.39. The Hall–Kier alpha value is -1.23. The zero-order valence-electron chi connectivity index (χ0n) is 15.4. The zero-order valence-corrected chi connectivity index (χ0v) is 16.2. The molecule has 1 aromatic carbocycles. The summed E-state index contributed by atoms with van der Waals surface area (Å²) in [5.74, 6) is 0. The molecule has 1 aromatic heterocycles. The minimum atomic E-state index is 0.0240. The molecule has 1 aliphatic carbocycles. The Morgan fingerprint density at radius 3 is 2.80 bits per heavy atom. The Morgan fingerprint density at radius 1 is 1.20 bits per heavy atom. The molecule has 25 heavy (non-hydrogen) atoms. The lowest BCUT2D eigenvalue weighted by atomic mass is 9.88. The molecule has 2 heterocycles. The molecule has 3 nitrogen and oxygen atoms in total. The third kappa shape index (κ3) is 3.67. The molecule has 0 bridgehead atoms. The van der Waals surface area contributed by atoms with E-state index in [4.69, 9.17) is 4.98 Å². The van der Waals surface area contributed by atoms with Crippen molar-refractivity contribution >= 4 is 11.3 Å². The van der Waals surface area contributed by atoms with E-state index in [1.807, 2.05) is 11.3 Å². The maximum absolute atomic E-state index is 5.11. The lowest BCUT2D eigenvalue weighted by molar-refractivity contribution is 0.107. The van der Waals surface area contributed by atoms with Gasteiger partial charge in [-0.25, -0.2) is 4.98 Å². The molecule has 1 saturated heterocycles. The molecule has 4 heteroatoms. The molecular weight excluding hydrogens is 326 g/mol. The highest BCUT2D eigenvalue weighted by Crippen LogP contribution is 2.38. The van der Waals surface area contributed by atoms with E-state index in [-0.39, 0.29) is 5.54 Å². The van der Waals surface area contributed by atoms with Crippen LogP contribution < -0.4 is 5.32 Å². The summed E-state index contributed by atoms with van der Waals surface area (Å²) >= 11 is 1.98. The van der Waals surface area contributed by atoms with Crippen molar-refractivity contribution < 1.29 is 0 Å². The van der Waals surface area contributed by atoms with Crippen molar-refractivity contribution in [1.82, 2.24) is 15.2 Å². The first-order valence-corrected chi connectivity index (χ1v) is 10.5. The molecule has 2 aliphatic rings. The van der Waals surface area contributed by atoms with Crippen molar-refractivity contribution in [3.05, 3.63) is 51.5 Å². The Kier molecular flexibility index (Phi) is 4.94. The number of aryl methyl sites for hydroxylation is 2. The molecule has 2 aromatic rings. The molecule has 1 aliphatic heterocycles. The fourth-order valence-electron chi connectivity index (χ4n) is 4.42. The monoisotopic (exact) mass is 355 g/mol. The van der Waals surface area contributed by atoms with Crippen molar-refractivity contribution in [2.75, 3.05) is 13.1 Å². The third-order valence-corrected chi connectivity index (χ3v) is 6.75. The lowest BCUT2D eigenvalue weighted by Crippen LogP contribution is -2.56. The highest BCUT2D eigenvalue weighted by atomic mass is 32.1. The Bertz CT molecular complexity index is 688. The van der Waals surface area contributed by atoms with Gasteiger partial charge in [-0.1, -0.05) is 30.3 Å². The first kappa shape index (κ1) is 17.2. The summed E-state index contributed by atoms with van der Waals surface area (Å²) in [6.07, 6.45) is 6.13. The van der Waals surface area contributed by atoms with Crippen molar-refractivity contribution in [1.29, 1.82) is 0 Å². The van der Waals surface area contributed by atoms with E-state index in [1.54, 1.807) is 4.88 Å². The molecule has 0 radical (unpaired) electrons. The number of piperidine rings is 1. The van der Waals surface area contributed by atoms with Gasteiger partial charge in [-0.3, -0.25) is 4.90 Å². The van der Waals surface area contributed by atoms with Crippen LogP contribution in [-0.4, -0.2) is 29.0 Å². The van der Waals surface area contributed by atoms with Gasteiger partial charge in [-0.2, -0.15) is 0 Å². The number of hydrogen-bond donors (Lipinski definition) is 1. The van der Waals surface area contributed by atoms with Gasteiger partial charge in [0.2, 0.25) is 0 Å². The number of fused-ring (bicyclic) bond motifs is 1. The topological polar surface area (TPSA) is 28.2 Å². The summed E-state index contributed by atoms with van der Waals surface area (Å²) in [5, 5.41) is 5.26. The number of nitrogens with one attached hydrogen (secondary N) is 1. The van der Waals surface area contributed by atoms with Crippen LogP contribution >= 0.6 is 11.3 Å². The predicted octanol–water partition coefficient (Wildman–Crippen LogP) is 4.12. The van der Waals surface area contributed by atoms with Crippen LogP contribution in [0.3, 0.4) is 0 Å². The van der Waals surface area contributed by atoms with E-state index < -0.39 is 0 Å². The van der Waals surface area contributed by atoms with E-state index in [1.165, 1.54) is 54.9 Å². The van der Waals surface area contributed by atoms with E-state index in [0.29, 0.717) is 6.04 Å². The van der Waals surface area contributed by atoms with Crippen LogP contribution in [0.2, 0.25) is 0 Å². The van der Waals surface area contributed by atoms with Gasteiger partial charge >= 0.3 is 0 Å². The van der Waals surface area contributed by atoms with Crippen LogP contribution in [0.25, 0.3) is 0 Å². The average molecular weight is 356 g/mol. The fraction of sp³-hybridized carbons (Fsp3) is 0.571. The fourth-order valence-corrected chi connectivity index (χ4v) is 5.74. The molecule has 1 fully saturated rings. The Balaban J connectivity index is 1.59. The van der Waals surface area contributed by atoms with Gasteiger partial charge in [0.25, 0.3) is 0 Å². The van der Waals surface area contributed by atoms with Gasteiger partial charge in [0.1, 0.15) is 5.01 Å². The first-order chi connectivity index (χ1) is 12.1. The average Bonchev–Trinajstić information content (AvgIpc) is 3.17. The van der Waals surface area contributed by atoms with Crippen LogP contribution in [-0.2, 0) is 24.9 Å². The standard InChI is InChI=1S/C21H29N3S/c1-16(2)23-21(20-22-18-10-6-11-19(18)25-20)12-7-13-24(15-21)14-17-8-4-3-5-9-17/h3-5,8-9,16,23H,6-7,10-15H2,1-2H3. The molecule has 1 atom stereocenters. The van der Waals surface area contributed by atoms with Gasteiger partial charge in [-0.05, 0) is 58.1 Å². The highest BCUT2D eigenvalue weighted by Gasteiger charge is 2.40. The summed E-state index contributed by atoms with van der Waals surface area (Å²) in [6, 6.07) is 11.3. The van der Waals surface area contributed by atoms with Crippen molar-refractivity contribution in [2.24, 2.45) is 0 Å². The number of aromatic nitrogens is 1. The number of benzene rings is 1. The second kappa shape index (κ2) is 7.18. The maximum atomic E-state index is 5.11. The molecule has 1 unspecified atom stereocenters. The molecule has 4 rings (SSSR count). The quantitative estimate of drug-likeness (QED) is 0.874. The number of thiazole rings is 1. The molecule has 0 spiro atoms. The minimum absolute atomic E-state index is 0.0240. The normalized spacial score (nSPS) is 24.0. The highest BCUT2D eigenvalue weighted by molar-refractivity contribution is 7.12. The van der Waals surface area contributed by atoms with Crippen LogP contribution in [0, 0.1) is 0 Å². The molecular formula is C21H29N3S. The minimum Gasteiger partial charge on any atom is -0.302 e. The van der Waals surface area contributed by atoms with E-state index in [9.17, 15) is 0 Å². The van der Waals surface area contributed by atoms with Crippen molar-refractivity contribution in [3.8, 4) is 0 Å². The van der Waals surface area contributed by atoms with Crippen LogP contribution in [0.4, 0.5) is 0 Å². The number of nitrogens with zero attached hydrogens (tertiary/aromatic N) is 2. The van der Waals surface area contributed by atoms with Gasteiger partial charge < -0.3 is 5.32 Å². The second-order valence-corrected chi connectivity index (χ2v) is 9.01. The van der Waals surface area contributed by atoms with E-state index in [2.05, 4.69) is 54.4 Å². The molecule has 1 N–H and O–H groups in total. The van der Waals surface area contributed by atoms with Gasteiger partial charge in [0, 0.05) is 24.0 Å². The van der Waals surface area contributed by atoms with Gasteiger partial charge in [0.05, 0.1) is 11.2 Å². The van der Waals surface area contributed by atoms with Crippen LogP contribution in [0.1, 0.15) is 54.3 Å². The largest absolute Gasteiger partial charge is 0.302 e. The van der Waals surface area contributed by atoms with Crippen LogP contribution in [0.5, 0.6) is 0 Å². The summed E-state index contributed by atoms with van der Waals surface area (Å²) in [7, 11) is 0. The molecule has 0 amide bonds. The number of hydrogen-bond acceptors (Lipinski definition) is 4. The van der Waals surface area contributed by atoms with Crippen molar-refractivity contribution in [2.45, 2.75) is 64.1 Å². The maximum Gasteiger partial charge on any atom is 0.115 e. The second-order valence-electron chi connectivity index (χ2n) is 7.92. The Labute approximate surface area is 155 Å². The Morgan fingerprint density at radius 2 is 2.04 bits per heavy atom. The number of likely N-dealkylation sites (tertiary alicyclic amines) is 1. The molecule has 0 saturated carbocycles. The van der Waals surface area contributed by atoms with Gasteiger partial charge in [-0.15, -0.1) is 11.3 Å². The summed E-state index contributed by atoms with van der Waals surface area (Å²) in [4.78, 5) is 9.26. The van der Waals surface area contributed by atoms with Crippen molar-refractivity contribution in [3.63, 3.8) is 0 Å². The van der Waals surface area contributed by atoms with E-state index >= 15 is 0 Å². The lowest BCUT2D eigenvalue weighted by Gasteiger charge is -2.43. The SMILES string of the molecule is CC(C)NC1(c2nc3c(s2)CCC3)CCCN(Cc2ccccc2)C1. The zero-order chi connectivity index (χ0) is 17.3. The summed E-state index contributed by atoms with van der Waals surface area (Å²) in [6.45, 7) is 7.81. The molecule has 134 valence electrons.